The van der Waals surface area contributed by atoms with Crippen molar-refractivity contribution in [1.29, 1.82) is 0 Å². The van der Waals surface area contributed by atoms with E-state index in [1.807, 2.05) is 19.1 Å². The van der Waals surface area contributed by atoms with Gasteiger partial charge in [0.25, 0.3) is 0 Å². The van der Waals surface area contributed by atoms with Gasteiger partial charge < -0.3 is 4.57 Å². The van der Waals surface area contributed by atoms with Crippen molar-refractivity contribution in [3.63, 3.8) is 0 Å². The van der Waals surface area contributed by atoms with Crippen LogP contribution >= 0.6 is 34.8 Å². The van der Waals surface area contributed by atoms with Crippen molar-refractivity contribution in [2.45, 2.75) is 44.5 Å². The van der Waals surface area contributed by atoms with Crippen molar-refractivity contribution in [1.82, 2.24) is 9.55 Å². The van der Waals surface area contributed by atoms with Gasteiger partial charge in [0.15, 0.2) is 0 Å². The third-order valence-corrected chi connectivity index (χ3v) is 5.08. The van der Waals surface area contributed by atoms with E-state index < -0.39 is 0 Å². The van der Waals surface area contributed by atoms with Crippen LogP contribution in [-0.2, 0) is 6.54 Å². The van der Waals surface area contributed by atoms with E-state index in [0.717, 1.165) is 29.3 Å². The molecule has 1 aromatic carbocycles. The van der Waals surface area contributed by atoms with E-state index in [9.17, 15) is 0 Å². The number of alkyl halides is 1. The summed E-state index contributed by atoms with van der Waals surface area (Å²) in [6.45, 7) is 2.90. The number of halogens is 3. The zero-order valence-corrected chi connectivity index (χ0v) is 13.6. The predicted molar refractivity (Wildman–Crippen MR) is 86.0 cm³/mol. The number of rotatable bonds is 4. The Morgan fingerprint density at radius 1 is 1.30 bits per heavy atom. The summed E-state index contributed by atoms with van der Waals surface area (Å²) < 4.78 is 2.20. The molecule has 0 N–H and O–H groups in total. The molecular weight excluding hydrogens is 315 g/mol. The van der Waals surface area contributed by atoms with Gasteiger partial charge in [0.2, 0.25) is 0 Å². The number of benzene rings is 1. The molecule has 5 heteroatoms. The molecule has 1 aliphatic rings. The predicted octanol–water partition coefficient (Wildman–Crippen LogP) is 5.83. The highest BCUT2D eigenvalue weighted by Crippen LogP contribution is 2.34. The van der Waals surface area contributed by atoms with Crippen LogP contribution in [0.1, 0.15) is 43.8 Å². The minimum absolute atomic E-state index is 0.124. The van der Waals surface area contributed by atoms with E-state index in [4.69, 9.17) is 34.8 Å². The molecule has 1 fully saturated rings. The summed E-state index contributed by atoms with van der Waals surface area (Å²) in [4.78, 5) is 4.62. The monoisotopic (exact) mass is 330 g/mol. The third-order valence-electron chi connectivity index (χ3n) is 4.16. The first-order valence-corrected chi connectivity index (χ1v) is 8.24. The first-order chi connectivity index (χ1) is 9.56. The zero-order valence-electron chi connectivity index (χ0n) is 11.4. The van der Waals surface area contributed by atoms with Gasteiger partial charge in [0.1, 0.15) is 5.82 Å². The maximum atomic E-state index is 6.27. The van der Waals surface area contributed by atoms with Crippen molar-refractivity contribution in [3.8, 4) is 0 Å². The van der Waals surface area contributed by atoms with E-state index >= 15 is 0 Å². The molecule has 2 nitrogen and oxygen atoms in total. The molecule has 1 heterocycles. The van der Waals surface area contributed by atoms with Gasteiger partial charge in [0.05, 0.1) is 26.5 Å². The highest BCUT2D eigenvalue weighted by Gasteiger charge is 2.20. The van der Waals surface area contributed by atoms with Crippen LogP contribution in [0.3, 0.4) is 0 Å². The summed E-state index contributed by atoms with van der Waals surface area (Å²) in [5, 5.41) is 0.982. The first kappa shape index (κ1) is 14.5. The Morgan fingerprint density at radius 2 is 2.00 bits per heavy atom. The molecule has 1 saturated carbocycles. The molecule has 1 unspecified atom stereocenters. The summed E-state index contributed by atoms with van der Waals surface area (Å²) >= 11 is 18.5. The fraction of sp³-hybridized carbons (Fsp3) is 0.533. The number of imidazole rings is 1. The van der Waals surface area contributed by atoms with Crippen LogP contribution in [0, 0.1) is 5.92 Å². The number of hydrogen-bond donors (Lipinski definition) is 0. The molecule has 0 bridgehead atoms. The van der Waals surface area contributed by atoms with Crippen LogP contribution in [0.15, 0.2) is 12.1 Å². The highest BCUT2D eigenvalue weighted by molar-refractivity contribution is 6.42. The van der Waals surface area contributed by atoms with Gasteiger partial charge in [-0.25, -0.2) is 4.98 Å². The van der Waals surface area contributed by atoms with Gasteiger partial charge in [-0.15, -0.1) is 11.6 Å². The summed E-state index contributed by atoms with van der Waals surface area (Å²) in [5.74, 6) is 1.76. The molecular formula is C15H17Cl3N2. The van der Waals surface area contributed by atoms with Crippen molar-refractivity contribution < 1.29 is 0 Å². The summed E-state index contributed by atoms with van der Waals surface area (Å²) in [7, 11) is 0. The van der Waals surface area contributed by atoms with Crippen LogP contribution in [-0.4, -0.2) is 9.55 Å². The number of fused-ring (bicyclic) bond motifs is 1. The number of hydrogen-bond acceptors (Lipinski definition) is 1. The summed E-state index contributed by atoms with van der Waals surface area (Å²) in [5.41, 5.74) is 1.90. The fourth-order valence-electron chi connectivity index (χ4n) is 2.77. The Bertz CT molecular complexity index is 630. The highest BCUT2D eigenvalue weighted by atomic mass is 35.5. The van der Waals surface area contributed by atoms with Crippen molar-refractivity contribution >= 4 is 45.8 Å². The Labute approximate surface area is 134 Å². The first-order valence-electron chi connectivity index (χ1n) is 7.05. The second-order valence-corrected chi connectivity index (χ2v) is 7.05. The third kappa shape index (κ3) is 2.66. The Kier molecular flexibility index (Phi) is 4.16. The SMILES string of the molecule is CC(Cl)c1nc2cc(Cl)c(Cl)cc2n1CCC1CCC1. The van der Waals surface area contributed by atoms with Crippen LogP contribution in [0.4, 0.5) is 0 Å². The minimum Gasteiger partial charge on any atom is -0.327 e. The lowest BCUT2D eigenvalue weighted by atomic mass is 9.83. The number of nitrogens with zero attached hydrogens (tertiary/aromatic N) is 2. The Morgan fingerprint density at radius 3 is 2.60 bits per heavy atom. The molecule has 0 amide bonds. The van der Waals surface area contributed by atoms with Crippen LogP contribution in [0.25, 0.3) is 11.0 Å². The summed E-state index contributed by atoms with van der Waals surface area (Å²) in [6.07, 6.45) is 5.26. The van der Waals surface area contributed by atoms with E-state index in [-0.39, 0.29) is 5.38 Å². The largest absolute Gasteiger partial charge is 0.327 e. The van der Waals surface area contributed by atoms with Gasteiger partial charge in [0, 0.05) is 6.54 Å². The Balaban J connectivity index is 2.00. The van der Waals surface area contributed by atoms with Crippen molar-refractivity contribution in [2.24, 2.45) is 5.92 Å². The molecule has 20 heavy (non-hydrogen) atoms. The van der Waals surface area contributed by atoms with E-state index in [1.54, 1.807) is 0 Å². The second kappa shape index (κ2) is 5.75. The molecule has 0 saturated heterocycles. The molecule has 1 aliphatic carbocycles. The average Bonchev–Trinajstić information content (AvgIpc) is 2.67. The Hall–Kier alpha value is -0.440. The molecule has 0 radical (unpaired) electrons. The lowest BCUT2D eigenvalue weighted by Gasteiger charge is -2.25. The van der Waals surface area contributed by atoms with Gasteiger partial charge in [-0.2, -0.15) is 0 Å². The topological polar surface area (TPSA) is 17.8 Å². The number of aromatic nitrogens is 2. The standard InChI is InChI=1S/C15H17Cl3N2/c1-9(16)15-19-13-7-11(17)12(18)8-14(13)20(15)6-5-10-3-2-4-10/h7-10H,2-6H2,1H3. The zero-order chi connectivity index (χ0) is 14.3. The smallest absolute Gasteiger partial charge is 0.127 e. The lowest BCUT2D eigenvalue weighted by Crippen LogP contribution is -2.15. The van der Waals surface area contributed by atoms with Gasteiger partial charge >= 0.3 is 0 Å². The molecule has 0 spiro atoms. The van der Waals surface area contributed by atoms with Gasteiger partial charge in [-0.3, -0.25) is 0 Å². The van der Waals surface area contributed by atoms with Crippen LogP contribution < -0.4 is 0 Å². The average molecular weight is 332 g/mol. The second-order valence-electron chi connectivity index (χ2n) is 5.58. The van der Waals surface area contributed by atoms with Gasteiger partial charge in [-0.05, 0) is 31.4 Å². The number of aryl methyl sites for hydroxylation is 1. The molecule has 1 aromatic heterocycles. The van der Waals surface area contributed by atoms with E-state index in [1.165, 1.54) is 25.7 Å². The molecule has 3 rings (SSSR count). The molecule has 0 aliphatic heterocycles. The quantitative estimate of drug-likeness (QED) is 0.644. The van der Waals surface area contributed by atoms with Gasteiger partial charge in [-0.1, -0.05) is 42.5 Å². The van der Waals surface area contributed by atoms with Crippen molar-refractivity contribution in [3.05, 3.63) is 28.0 Å². The molecule has 108 valence electrons. The molecule has 1 atom stereocenters. The lowest BCUT2D eigenvalue weighted by molar-refractivity contribution is 0.282. The fourth-order valence-corrected chi connectivity index (χ4v) is 3.25. The van der Waals surface area contributed by atoms with Crippen LogP contribution in [0.5, 0.6) is 0 Å². The van der Waals surface area contributed by atoms with Crippen LogP contribution in [0.2, 0.25) is 10.0 Å². The molecule has 2 aromatic rings. The maximum Gasteiger partial charge on any atom is 0.127 e. The van der Waals surface area contributed by atoms with E-state index in [0.29, 0.717) is 10.0 Å². The van der Waals surface area contributed by atoms with E-state index in [2.05, 4.69) is 9.55 Å². The summed E-state index contributed by atoms with van der Waals surface area (Å²) in [6, 6.07) is 3.72. The maximum absolute atomic E-state index is 6.27. The minimum atomic E-state index is -0.124. The normalized spacial score (nSPS) is 17.4. The van der Waals surface area contributed by atoms with Crippen molar-refractivity contribution in [2.75, 3.05) is 0 Å².